The molecule has 6 nitrogen and oxygen atoms in total. The fraction of sp³-hybridized carbons (Fsp3) is 0.364. The molecule has 0 saturated carbocycles. The zero-order valence-corrected chi connectivity index (χ0v) is 11.0. The highest BCUT2D eigenvalue weighted by molar-refractivity contribution is 5.95. The van der Waals surface area contributed by atoms with Gasteiger partial charge in [0.25, 0.3) is 11.6 Å². The van der Waals surface area contributed by atoms with Crippen molar-refractivity contribution in [1.82, 2.24) is 5.32 Å². The number of benzene rings is 1. The second-order valence-electron chi connectivity index (χ2n) is 3.87. The first-order valence-electron chi connectivity index (χ1n) is 5.21. The third-order valence-electron chi connectivity index (χ3n) is 2.40. The molecule has 1 atom stereocenters. The summed E-state index contributed by atoms with van der Waals surface area (Å²) in [5.74, 6) is -0.356. The Balaban J connectivity index is 0.00000289. The van der Waals surface area contributed by atoms with Gasteiger partial charge < -0.3 is 11.1 Å². The van der Waals surface area contributed by atoms with E-state index < -0.39 is 4.92 Å². The first-order chi connectivity index (χ1) is 7.95. The minimum Gasteiger partial charge on any atom is -0.348 e. The van der Waals surface area contributed by atoms with E-state index in [1.165, 1.54) is 6.07 Å². The lowest BCUT2D eigenvalue weighted by molar-refractivity contribution is -0.385. The van der Waals surface area contributed by atoms with Crippen LogP contribution in [-0.2, 0) is 0 Å². The molecule has 0 aromatic heterocycles. The van der Waals surface area contributed by atoms with Crippen molar-refractivity contribution in [3.63, 3.8) is 0 Å². The molecule has 0 spiro atoms. The van der Waals surface area contributed by atoms with E-state index in [9.17, 15) is 14.9 Å². The largest absolute Gasteiger partial charge is 0.348 e. The van der Waals surface area contributed by atoms with Gasteiger partial charge in [0.05, 0.1) is 4.92 Å². The van der Waals surface area contributed by atoms with Gasteiger partial charge in [0, 0.05) is 29.8 Å². The summed E-state index contributed by atoms with van der Waals surface area (Å²) in [6.07, 6.45) is 0. The van der Waals surface area contributed by atoms with Gasteiger partial charge in [-0.2, -0.15) is 0 Å². The van der Waals surface area contributed by atoms with Gasteiger partial charge >= 0.3 is 0 Å². The van der Waals surface area contributed by atoms with E-state index in [-0.39, 0.29) is 35.6 Å². The normalized spacial score (nSPS) is 11.3. The van der Waals surface area contributed by atoms with E-state index >= 15 is 0 Å². The Morgan fingerprint density at radius 3 is 2.67 bits per heavy atom. The van der Waals surface area contributed by atoms with Crippen LogP contribution in [0.3, 0.4) is 0 Å². The maximum atomic E-state index is 11.7. The second kappa shape index (κ2) is 6.93. The Bertz CT molecular complexity index is 451. The van der Waals surface area contributed by atoms with Crippen molar-refractivity contribution in [3.8, 4) is 0 Å². The zero-order chi connectivity index (χ0) is 13.0. The monoisotopic (exact) mass is 273 g/mol. The standard InChI is InChI=1S/C11H15N3O3.ClH/c1-7-3-4-9(5-10(7)14(16)17)11(15)13-8(2)6-12;/h3-5,8H,6,12H2,1-2H3,(H,13,15);1H/t8-;/m0./s1. The fourth-order valence-corrected chi connectivity index (χ4v) is 1.31. The highest BCUT2D eigenvalue weighted by Gasteiger charge is 2.15. The number of hydrogen-bond donors (Lipinski definition) is 2. The minimum absolute atomic E-state index is 0. The maximum Gasteiger partial charge on any atom is 0.273 e. The lowest BCUT2D eigenvalue weighted by atomic mass is 10.1. The van der Waals surface area contributed by atoms with Crippen LogP contribution in [0.5, 0.6) is 0 Å². The SMILES string of the molecule is Cc1ccc(C(=O)N[C@@H](C)CN)cc1[N+](=O)[O-].Cl. The Morgan fingerprint density at radius 1 is 1.56 bits per heavy atom. The van der Waals surface area contributed by atoms with Crippen LogP contribution >= 0.6 is 12.4 Å². The number of carbonyl (C=O) groups is 1. The maximum absolute atomic E-state index is 11.7. The summed E-state index contributed by atoms with van der Waals surface area (Å²) in [5, 5.41) is 13.4. The molecule has 1 amide bonds. The van der Waals surface area contributed by atoms with E-state index in [0.29, 0.717) is 12.1 Å². The third-order valence-corrected chi connectivity index (χ3v) is 2.40. The number of aryl methyl sites for hydroxylation is 1. The number of nitrogens with two attached hydrogens (primary N) is 1. The molecule has 1 aromatic carbocycles. The van der Waals surface area contributed by atoms with E-state index in [2.05, 4.69) is 5.32 Å². The molecule has 0 fully saturated rings. The quantitative estimate of drug-likeness (QED) is 0.640. The molecule has 1 aromatic rings. The molecule has 0 bridgehead atoms. The summed E-state index contributed by atoms with van der Waals surface area (Å²) in [6.45, 7) is 3.71. The van der Waals surface area contributed by atoms with E-state index in [4.69, 9.17) is 5.73 Å². The van der Waals surface area contributed by atoms with Crippen molar-refractivity contribution in [3.05, 3.63) is 39.4 Å². The number of nitrogens with zero attached hydrogens (tertiary/aromatic N) is 1. The molecule has 18 heavy (non-hydrogen) atoms. The predicted molar refractivity (Wildman–Crippen MR) is 71.1 cm³/mol. The molecule has 0 heterocycles. The van der Waals surface area contributed by atoms with Crippen molar-refractivity contribution < 1.29 is 9.72 Å². The van der Waals surface area contributed by atoms with Crippen LogP contribution in [0.25, 0.3) is 0 Å². The van der Waals surface area contributed by atoms with Crippen LogP contribution in [0.4, 0.5) is 5.69 Å². The fourth-order valence-electron chi connectivity index (χ4n) is 1.31. The van der Waals surface area contributed by atoms with Gasteiger partial charge in [-0.15, -0.1) is 12.4 Å². The van der Waals surface area contributed by atoms with Gasteiger partial charge in [-0.25, -0.2) is 0 Å². The molecule has 1 rings (SSSR count). The van der Waals surface area contributed by atoms with E-state index in [0.717, 1.165) is 0 Å². The average molecular weight is 274 g/mol. The van der Waals surface area contributed by atoms with Crippen molar-refractivity contribution in [1.29, 1.82) is 0 Å². The first kappa shape index (κ1) is 16.3. The summed E-state index contributed by atoms with van der Waals surface area (Å²) in [7, 11) is 0. The van der Waals surface area contributed by atoms with Gasteiger partial charge in [-0.05, 0) is 19.9 Å². The summed E-state index contributed by atoms with van der Waals surface area (Å²) in [4.78, 5) is 21.9. The number of halogens is 1. The number of rotatable bonds is 4. The van der Waals surface area contributed by atoms with Crippen LogP contribution in [0.1, 0.15) is 22.8 Å². The molecule has 7 heteroatoms. The molecule has 0 unspecified atom stereocenters. The van der Waals surface area contributed by atoms with Crippen LogP contribution in [0.2, 0.25) is 0 Å². The number of nitrogens with one attached hydrogen (secondary N) is 1. The van der Waals surface area contributed by atoms with Gasteiger partial charge in [0.15, 0.2) is 0 Å². The zero-order valence-electron chi connectivity index (χ0n) is 10.2. The summed E-state index contributed by atoms with van der Waals surface area (Å²) in [5.41, 5.74) is 6.11. The van der Waals surface area contributed by atoms with E-state index in [1.54, 1.807) is 26.0 Å². The minimum atomic E-state index is -0.502. The van der Waals surface area contributed by atoms with Gasteiger partial charge in [0.1, 0.15) is 0 Å². The molecule has 0 radical (unpaired) electrons. The lowest BCUT2D eigenvalue weighted by Crippen LogP contribution is -2.37. The second-order valence-corrected chi connectivity index (χ2v) is 3.87. The Morgan fingerprint density at radius 2 is 2.17 bits per heavy atom. The van der Waals surface area contributed by atoms with Gasteiger partial charge in [-0.3, -0.25) is 14.9 Å². The molecule has 0 saturated heterocycles. The Kier molecular flexibility index (Phi) is 6.29. The molecular weight excluding hydrogens is 258 g/mol. The summed E-state index contributed by atoms with van der Waals surface area (Å²) < 4.78 is 0. The number of hydrogen-bond acceptors (Lipinski definition) is 4. The van der Waals surface area contributed by atoms with Crippen molar-refractivity contribution in [2.45, 2.75) is 19.9 Å². The van der Waals surface area contributed by atoms with Gasteiger partial charge in [-0.1, -0.05) is 6.07 Å². The van der Waals surface area contributed by atoms with Crippen LogP contribution in [0.15, 0.2) is 18.2 Å². The van der Waals surface area contributed by atoms with Crippen molar-refractivity contribution in [2.75, 3.05) is 6.54 Å². The number of amides is 1. The lowest BCUT2D eigenvalue weighted by Gasteiger charge is -2.11. The third kappa shape index (κ3) is 3.97. The summed E-state index contributed by atoms with van der Waals surface area (Å²) in [6, 6.07) is 4.22. The van der Waals surface area contributed by atoms with Gasteiger partial charge in [0.2, 0.25) is 0 Å². The molecule has 3 N–H and O–H groups in total. The molecule has 0 aliphatic heterocycles. The number of nitro groups is 1. The highest BCUT2D eigenvalue weighted by Crippen LogP contribution is 2.19. The van der Waals surface area contributed by atoms with Crippen molar-refractivity contribution >= 4 is 24.0 Å². The average Bonchev–Trinajstić information content (AvgIpc) is 2.28. The van der Waals surface area contributed by atoms with Crippen molar-refractivity contribution in [2.24, 2.45) is 5.73 Å². The Hall–Kier alpha value is -1.66. The Labute approximate surface area is 111 Å². The summed E-state index contributed by atoms with van der Waals surface area (Å²) >= 11 is 0. The topological polar surface area (TPSA) is 98.3 Å². The van der Waals surface area contributed by atoms with Crippen LogP contribution in [-0.4, -0.2) is 23.4 Å². The molecule has 100 valence electrons. The molecular formula is C11H16ClN3O3. The molecule has 0 aliphatic rings. The predicted octanol–water partition coefficient (Wildman–Crippen LogP) is 1.40. The van der Waals surface area contributed by atoms with Crippen LogP contribution < -0.4 is 11.1 Å². The number of nitro benzene ring substituents is 1. The smallest absolute Gasteiger partial charge is 0.273 e. The highest BCUT2D eigenvalue weighted by atomic mass is 35.5. The number of carbonyl (C=O) groups excluding carboxylic acids is 1. The molecule has 0 aliphatic carbocycles. The first-order valence-corrected chi connectivity index (χ1v) is 5.21. The van der Waals surface area contributed by atoms with E-state index in [1.807, 2.05) is 0 Å². The van der Waals surface area contributed by atoms with Crippen LogP contribution in [0, 0.1) is 17.0 Å².